The van der Waals surface area contributed by atoms with E-state index in [9.17, 15) is 9.59 Å². The Morgan fingerprint density at radius 2 is 1.79 bits per heavy atom. The molecule has 1 aromatic carbocycles. The minimum Gasteiger partial charge on any atom is -0.459 e. The highest BCUT2D eigenvalue weighted by atomic mass is 32.2. The van der Waals surface area contributed by atoms with Crippen molar-refractivity contribution in [2.45, 2.75) is 38.5 Å². The predicted molar refractivity (Wildman–Crippen MR) is 78.5 cm³/mol. The number of esters is 1. The van der Waals surface area contributed by atoms with Crippen LogP contribution in [0.5, 0.6) is 0 Å². The van der Waals surface area contributed by atoms with E-state index >= 15 is 0 Å². The summed E-state index contributed by atoms with van der Waals surface area (Å²) < 4.78 is 5.20. The van der Waals surface area contributed by atoms with Crippen molar-refractivity contribution in [2.24, 2.45) is 0 Å². The van der Waals surface area contributed by atoms with Gasteiger partial charge in [-0.3, -0.25) is 9.59 Å². The molecule has 3 nitrogen and oxygen atoms in total. The van der Waals surface area contributed by atoms with Gasteiger partial charge in [-0.25, -0.2) is 0 Å². The van der Waals surface area contributed by atoms with Gasteiger partial charge in [-0.15, -0.1) is 11.8 Å². The number of ketones is 1. The number of benzene rings is 1. The van der Waals surface area contributed by atoms with Crippen LogP contribution in [0, 0.1) is 0 Å². The Labute approximate surface area is 118 Å². The largest absolute Gasteiger partial charge is 0.459 e. The van der Waals surface area contributed by atoms with Crippen molar-refractivity contribution in [1.29, 1.82) is 0 Å². The van der Waals surface area contributed by atoms with Gasteiger partial charge in [-0.1, -0.05) is 30.3 Å². The summed E-state index contributed by atoms with van der Waals surface area (Å²) in [6.07, 6.45) is 0. The number of Topliss-reactive ketones (excluding diaryl/α,β-unsaturated/α-hetero) is 1. The number of carbonyl (C=O) groups is 2. The van der Waals surface area contributed by atoms with Crippen molar-refractivity contribution < 1.29 is 14.3 Å². The molecule has 4 heteroatoms. The molecule has 104 valence electrons. The molecule has 1 aromatic rings. The van der Waals surface area contributed by atoms with Gasteiger partial charge in [0.2, 0.25) is 0 Å². The molecule has 1 rings (SSSR count). The average molecular weight is 280 g/mol. The Morgan fingerprint density at radius 3 is 2.32 bits per heavy atom. The fraction of sp³-hybridized carbons (Fsp3) is 0.467. The second-order valence-corrected chi connectivity index (χ2v) is 6.60. The lowest BCUT2D eigenvalue weighted by atomic mass is 10.1. The maximum absolute atomic E-state index is 12.1. The number of ether oxygens (including phenoxy) is 1. The van der Waals surface area contributed by atoms with Crippen LogP contribution < -0.4 is 0 Å². The molecule has 1 unspecified atom stereocenters. The predicted octanol–water partition coefficient (Wildman–Crippen LogP) is 3.33. The maximum Gasteiger partial charge on any atom is 0.316 e. The summed E-state index contributed by atoms with van der Waals surface area (Å²) in [5.41, 5.74) is 0.191. The van der Waals surface area contributed by atoms with Crippen LogP contribution in [0.3, 0.4) is 0 Å². The number of hydrogen-bond donors (Lipinski definition) is 0. The van der Waals surface area contributed by atoms with Crippen LogP contribution in [-0.2, 0) is 9.53 Å². The minimum atomic E-state index is -0.482. The van der Waals surface area contributed by atoms with Crippen LogP contribution >= 0.6 is 11.8 Å². The molecule has 0 saturated heterocycles. The lowest BCUT2D eigenvalue weighted by Gasteiger charge is -2.19. The SMILES string of the molecule is CC(SCC(=O)OC(C)(C)C)C(=O)c1ccccc1. The highest BCUT2D eigenvalue weighted by Gasteiger charge is 2.20. The molecule has 1 atom stereocenters. The molecular weight excluding hydrogens is 260 g/mol. The molecule has 0 N–H and O–H groups in total. The van der Waals surface area contributed by atoms with E-state index in [1.54, 1.807) is 12.1 Å². The molecule has 19 heavy (non-hydrogen) atoms. The van der Waals surface area contributed by atoms with Crippen molar-refractivity contribution in [3.05, 3.63) is 35.9 Å². The van der Waals surface area contributed by atoms with Crippen molar-refractivity contribution in [3.63, 3.8) is 0 Å². The zero-order chi connectivity index (χ0) is 14.5. The van der Waals surface area contributed by atoms with E-state index in [-0.39, 0.29) is 22.8 Å². The zero-order valence-corrected chi connectivity index (χ0v) is 12.6. The quantitative estimate of drug-likeness (QED) is 0.613. The third kappa shape index (κ3) is 5.92. The highest BCUT2D eigenvalue weighted by Crippen LogP contribution is 2.18. The van der Waals surface area contributed by atoms with E-state index in [0.717, 1.165) is 0 Å². The summed E-state index contributed by atoms with van der Waals surface area (Å²) in [6.45, 7) is 7.29. The van der Waals surface area contributed by atoms with Crippen LogP contribution in [0.15, 0.2) is 30.3 Å². The van der Waals surface area contributed by atoms with Crippen LogP contribution in [0.1, 0.15) is 38.1 Å². The molecule has 0 heterocycles. The van der Waals surface area contributed by atoms with Crippen LogP contribution in [0.25, 0.3) is 0 Å². The van der Waals surface area contributed by atoms with E-state index in [1.807, 2.05) is 45.9 Å². The van der Waals surface area contributed by atoms with Gasteiger partial charge in [0.15, 0.2) is 5.78 Å². The van der Waals surface area contributed by atoms with Gasteiger partial charge in [-0.05, 0) is 27.7 Å². The minimum absolute atomic E-state index is 0.0363. The maximum atomic E-state index is 12.1. The summed E-state index contributed by atoms with van der Waals surface area (Å²) in [5, 5.41) is -0.255. The molecule has 0 radical (unpaired) electrons. The van der Waals surface area contributed by atoms with E-state index in [2.05, 4.69) is 0 Å². The van der Waals surface area contributed by atoms with Gasteiger partial charge in [0.1, 0.15) is 5.60 Å². The van der Waals surface area contributed by atoms with Gasteiger partial charge < -0.3 is 4.74 Å². The van der Waals surface area contributed by atoms with Crippen molar-refractivity contribution in [2.75, 3.05) is 5.75 Å². The standard InChI is InChI=1S/C15H20O3S/c1-11(14(17)12-8-6-5-7-9-12)19-10-13(16)18-15(2,3)4/h5-9,11H,10H2,1-4H3. The third-order valence-electron chi connectivity index (χ3n) is 2.30. The highest BCUT2D eigenvalue weighted by molar-refractivity contribution is 8.01. The smallest absolute Gasteiger partial charge is 0.316 e. The van der Waals surface area contributed by atoms with Crippen molar-refractivity contribution in [1.82, 2.24) is 0 Å². The van der Waals surface area contributed by atoms with Crippen LogP contribution in [-0.4, -0.2) is 28.4 Å². The lowest BCUT2D eigenvalue weighted by Crippen LogP contribution is -2.26. The Hall–Kier alpha value is -1.29. The third-order valence-corrected chi connectivity index (χ3v) is 3.42. The van der Waals surface area contributed by atoms with Gasteiger partial charge in [-0.2, -0.15) is 0 Å². The molecule has 0 bridgehead atoms. The summed E-state index contributed by atoms with van der Waals surface area (Å²) in [7, 11) is 0. The molecule has 0 aromatic heterocycles. The molecule has 0 saturated carbocycles. The lowest BCUT2D eigenvalue weighted by molar-refractivity contribution is -0.151. The topological polar surface area (TPSA) is 43.4 Å². The monoisotopic (exact) mass is 280 g/mol. The van der Waals surface area contributed by atoms with E-state index < -0.39 is 5.60 Å². The molecule has 0 spiro atoms. The summed E-state index contributed by atoms with van der Waals surface area (Å²) in [6, 6.07) is 9.10. The normalized spacial score (nSPS) is 12.8. The summed E-state index contributed by atoms with van der Waals surface area (Å²) in [5.74, 6) is -0.0591. The molecule has 0 aliphatic carbocycles. The van der Waals surface area contributed by atoms with E-state index in [0.29, 0.717) is 5.56 Å². The van der Waals surface area contributed by atoms with E-state index in [4.69, 9.17) is 4.74 Å². The van der Waals surface area contributed by atoms with Gasteiger partial charge in [0.25, 0.3) is 0 Å². The summed E-state index contributed by atoms with van der Waals surface area (Å²) >= 11 is 1.30. The molecular formula is C15H20O3S. The van der Waals surface area contributed by atoms with Gasteiger partial charge in [0.05, 0.1) is 11.0 Å². The molecule has 0 fully saturated rings. The van der Waals surface area contributed by atoms with Gasteiger partial charge >= 0.3 is 5.97 Å². The molecule has 0 aliphatic rings. The average Bonchev–Trinajstić information content (AvgIpc) is 2.34. The number of thioether (sulfide) groups is 1. The molecule has 0 amide bonds. The molecule has 0 aliphatic heterocycles. The number of rotatable bonds is 5. The first-order chi connectivity index (χ1) is 8.79. The van der Waals surface area contributed by atoms with Crippen LogP contribution in [0.2, 0.25) is 0 Å². The second kappa shape index (κ2) is 6.75. The first-order valence-corrected chi connectivity index (χ1v) is 7.27. The van der Waals surface area contributed by atoms with Gasteiger partial charge in [0, 0.05) is 5.56 Å². The van der Waals surface area contributed by atoms with Crippen LogP contribution in [0.4, 0.5) is 0 Å². The van der Waals surface area contributed by atoms with Crippen molar-refractivity contribution >= 4 is 23.5 Å². The Bertz CT molecular complexity index is 434. The number of carbonyl (C=O) groups excluding carboxylic acids is 2. The Balaban J connectivity index is 2.46. The summed E-state index contributed by atoms with van der Waals surface area (Å²) in [4.78, 5) is 23.6. The first-order valence-electron chi connectivity index (χ1n) is 6.22. The second-order valence-electron chi connectivity index (χ2n) is 5.27. The Kier molecular flexibility index (Phi) is 5.60. The fourth-order valence-electron chi connectivity index (χ4n) is 1.48. The van der Waals surface area contributed by atoms with Crippen molar-refractivity contribution in [3.8, 4) is 0 Å². The Morgan fingerprint density at radius 1 is 1.21 bits per heavy atom. The van der Waals surface area contributed by atoms with E-state index in [1.165, 1.54) is 11.8 Å². The zero-order valence-electron chi connectivity index (χ0n) is 11.8. The number of hydrogen-bond acceptors (Lipinski definition) is 4. The first kappa shape index (κ1) is 15.8. The fourth-order valence-corrected chi connectivity index (χ4v) is 2.21.